The van der Waals surface area contributed by atoms with Crippen LogP contribution in [0.1, 0.15) is 37.8 Å². The molecule has 0 radical (unpaired) electrons. The van der Waals surface area contributed by atoms with Gasteiger partial charge in [-0.15, -0.1) is 0 Å². The molecule has 1 heterocycles. The van der Waals surface area contributed by atoms with E-state index in [2.05, 4.69) is 0 Å². The van der Waals surface area contributed by atoms with E-state index in [-0.39, 0.29) is 18.6 Å². The minimum absolute atomic E-state index is 0.00163. The average Bonchev–Trinajstić information content (AvgIpc) is 2.96. The molecule has 1 aliphatic heterocycles. The Bertz CT molecular complexity index is 493. The van der Waals surface area contributed by atoms with Gasteiger partial charge in [0.05, 0.1) is 13.0 Å². The van der Waals surface area contributed by atoms with Crippen molar-refractivity contribution in [3.05, 3.63) is 35.1 Å². The highest BCUT2D eigenvalue weighted by Gasteiger charge is 2.28. The van der Waals surface area contributed by atoms with Gasteiger partial charge in [0.2, 0.25) is 0 Å². The molecule has 116 valence electrons. The van der Waals surface area contributed by atoms with Gasteiger partial charge in [-0.3, -0.25) is 9.69 Å². The van der Waals surface area contributed by atoms with E-state index in [0.717, 1.165) is 38.1 Å². The van der Waals surface area contributed by atoms with Crippen molar-refractivity contribution in [1.82, 2.24) is 4.90 Å². The van der Waals surface area contributed by atoms with Gasteiger partial charge in [-0.1, -0.05) is 0 Å². The number of nitrogens with zero attached hydrogens (tertiary/aromatic N) is 1. The first-order valence-electron chi connectivity index (χ1n) is 7.07. The van der Waals surface area contributed by atoms with Crippen LogP contribution in [0.15, 0.2) is 12.1 Å². The van der Waals surface area contributed by atoms with Gasteiger partial charge in [-0.2, -0.15) is 0 Å². The Labute approximate surface area is 121 Å². The number of carbonyl (C=O) groups excluding carboxylic acids is 1. The summed E-state index contributed by atoms with van der Waals surface area (Å²) in [5, 5.41) is 0. The minimum Gasteiger partial charge on any atom is -0.466 e. The Hall–Kier alpha value is -1.56. The molecular formula is C15H18F3NO2. The molecule has 0 aliphatic carbocycles. The minimum atomic E-state index is -1.49. The third kappa shape index (κ3) is 3.75. The van der Waals surface area contributed by atoms with Crippen LogP contribution in [0.4, 0.5) is 13.2 Å². The van der Waals surface area contributed by atoms with Crippen LogP contribution in [-0.2, 0) is 9.53 Å². The molecule has 1 fully saturated rings. The second-order valence-electron chi connectivity index (χ2n) is 5.07. The number of hydrogen-bond donors (Lipinski definition) is 0. The monoisotopic (exact) mass is 301 g/mol. The second kappa shape index (κ2) is 6.93. The lowest BCUT2D eigenvalue weighted by Crippen LogP contribution is -2.28. The van der Waals surface area contributed by atoms with Gasteiger partial charge in [0.15, 0.2) is 17.5 Å². The van der Waals surface area contributed by atoms with Crippen LogP contribution in [0.3, 0.4) is 0 Å². The maximum atomic E-state index is 13.4. The highest BCUT2D eigenvalue weighted by atomic mass is 19.2. The molecule has 1 atom stereocenters. The number of hydrogen-bond acceptors (Lipinski definition) is 3. The second-order valence-corrected chi connectivity index (χ2v) is 5.07. The number of likely N-dealkylation sites (tertiary alicyclic amines) is 1. The van der Waals surface area contributed by atoms with Crippen LogP contribution in [0, 0.1) is 17.5 Å². The summed E-state index contributed by atoms with van der Waals surface area (Å²) in [6, 6.07) is 1.43. The van der Waals surface area contributed by atoms with Crippen molar-refractivity contribution >= 4 is 5.97 Å². The zero-order chi connectivity index (χ0) is 15.4. The zero-order valence-electron chi connectivity index (χ0n) is 11.9. The molecule has 1 saturated heterocycles. The Morgan fingerprint density at radius 3 is 2.33 bits per heavy atom. The Balaban J connectivity index is 2.27. The predicted octanol–water partition coefficient (Wildman–Crippen LogP) is 3.19. The summed E-state index contributed by atoms with van der Waals surface area (Å²) in [6.45, 7) is 3.42. The van der Waals surface area contributed by atoms with E-state index in [1.54, 1.807) is 6.92 Å². The molecule has 0 bridgehead atoms. The summed E-state index contributed by atoms with van der Waals surface area (Å²) < 4.78 is 44.8. The normalized spacial score (nSPS) is 17.0. The molecule has 1 aromatic carbocycles. The predicted molar refractivity (Wildman–Crippen MR) is 71.1 cm³/mol. The van der Waals surface area contributed by atoms with E-state index in [1.807, 2.05) is 4.90 Å². The van der Waals surface area contributed by atoms with Gasteiger partial charge >= 0.3 is 5.97 Å². The number of carbonyl (C=O) groups is 1. The fourth-order valence-electron chi connectivity index (χ4n) is 2.66. The van der Waals surface area contributed by atoms with E-state index >= 15 is 0 Å². The zero-order valence-corrected chi connectivity index (χ0v) is 11.9. The molecule has 0 aromatic heterocycles. The van der Waals surface area contributed by atoms with Crippen molar-refractivity contribution in [2.24, 2.45) is 0 Å². The van der Waals surface area contributed by atoms with Crippen LogP contribution >= 0.6 is 0 Å². The first kappa shape index (κ1) is 15.8. The van der Waals surface area contributed by atoms with Gasteiger partial charge in [0.25, 0.3) is 0 Å². The summed E-state index contributed by atoms with van der Waals surface area (Å²) in [6.07, 6.45) is 1.93. The Kier molecular flexibility index (Phi) is 5.22. The molecule has 1 unspecified atom stereocenters. The summed E-state index contributed by atoms with van der Waals surface area (Å²) >= 11 is 0. The first-order chi connectivity index (χ1) is 10.0. The first-order valence-corrected chi connectivity index (χ1v) is 7.07. The molecule has 0 amide bonds. The number of ether oxygens (including phenoxy) is 1. The highest BCUT2D eigenvalue weighted by Crippen LogP contribution is 2.30. The van der Waals surface area contributed by atoms with E-state index in [9.17, 15) is 18.0 Å². The van der Waals surface area contributed by atoms with Gasteiger partial charge in [0, 0.05) is 6.04 Å². The van der Waals surface area contributed by atoms with E-state index < -0.39 is 29.5 Å². The fourth-order valence-corrected chi connectivity index (χ4v) is 2.66. The van der Waals surface area contributed by atoms with Crippen molar-refractivity contribution in [3.8, 4) is 0 Å². The molecule has 0 saturated carbocycles. The molecule has 6 heteroatoms. The number of rotatable bonds is 5. The smallest absolute Gasteiger partial charge is 0.307 e. The summed E-state index contributed by atoms with van der Waals surface area (Å²) in [5.41, 5.74) is 0.265. The summed E-state index contributed by atoms with van der Waals surface area (Å²) in [4.78, 5) is 13.7. The molecule has 2 rings (SSSR count). The lowest BCUT2D eigenvalue weighted by molar-refractivity contribution is -0.144. The van der Waals surface area contributed by atoms with Gasteiger partial charge < -0.3 is 4.74 Å². The third-order valence-electron chi connectivity index (χ3n) is 3.64. The van der Waals surface area contributed by atoms with Crippen LogP contribution in [0.25, 0.3) is 0 Å². The average molecular weight is 301 g/mol. The van der Waals surface area contributed by atoms with E-state index in [4.69, 9.17) is 4.74 Å². The van der Waals surface area contributed by atoms with Crippen molar-refractivity contribution < 1.29 is 22.7 Å². The SMILES string of the molecule is CCOC(=O)CC(c1cc(F)c(F)c(F)c1)N1CCCC1. The lowest BCUT2D eigenvalue weighted by Gasteiger charge is -2.27. The Morgan fingerprint density at radius 2 is 1.81 bits per heavy atom. The van der Waals surface area contributed by atoms with Gasteiger partial charge in [-0.25, -0.2) is 13.2 Å². The molecule has 1 aliphatic rings. The third-order valence-corrected chi connectivity index (χ3v) is 3.64. The van der Waals surface area contributed by atoms with E-state index in [0.29, 0.717) is 0 Å². The Morgan fingerprint density at radius 1 is 1.24 bits per heavy atom. The molecule has 21 heavy (non-hydrogen) atoms. The molecule has 3 nitrogen and oxygen atoms in total. The lowest BCUT2D eigenvalue weighted by atomic mass is 10.0. The molecule has 1 aromatic rings. The molecule has 0 N–H and O–H groups in total. The van der Waals surface area contributed by atoms with Crippen LogP contribution < -0.4 is 0 Å². The standard InChI is InChI=1S/C15H18F3NO2/c1-2-21-14(20)9-13(19-5-3-4-6-19)10-7-11(16)15(18)12(17)8-10/h7-8,13H,2-6,9H2,1H3. The molecular weight excluding hydrogens is 283 g/mol. The number of halogens is 3. The number of benzene rings is 1. The van der Waals surface area contributed by atoms with Crippen molar-refractivity contribution in [3.63, 3.8) is 0 Å². The van der Waals surface area contributed by atoms with Crippen molar-refractivity contribution in [2.45, 2.75) is 32.2 Å². The fraction of sp³-hybridized carbons (Fsp3) is 0.533. The van der Waals surface area contributed by atoms with Crippen LogP contribution in [-0.4, -0.2) is 30.6 Å². The maximum absolute atomic E-state index is 13.4. The van der Waals surface area contributed by atoms with Gasteiger partial charge in [0.1, 0.15) is 0 Å². The van der Waals surface area contributed by atoms with Crippen LogP contribution in [0.2, 0.25) is 0 Å². The maximum Gasteiger partial charge on any atom is 0.307 e. The summed E-state index contributed by atoms with van der Waals surface area (Å²) in [5.74, 6) is -4.40. The quantitative estimate of drug-likeness (QED) is 0.618. The van der Waals surface area contributed by atoms with E-state index in [1.165, 1.54) is 0 Å². The van der Waals surface area contributed by atoms with Crippen molar-refractivity contribution in [1.29, 1.82) is 0 Å². The topological polar surface area (TPSA) is 29.5 Å². The van der Waals surface area contributed by atoms with Gasteiger partial charge in [-0.05, 0) is 50.6 Å². The molecule has 0 spiro atoms. The van der Waals surface area contributed by atoms with Crippen molar-refractivity contribution in [2.75, 3.05) is 19.7 Å². The summed E-state index contributed by atoms with van der Waals surface area (Å²) in [7, 11) is 0. The number of esters is 1. The highest BCUT2D eigenvalue weighted by molar-refractivity contribution is 5.70. The largest absolute Gasteiger partial charge is 0.466 e. The van der Waals surface area contributed by atoms with Crippen LogP contribution in [0.5, 0.6) is 0 Å².